The molecule has 0 bridgehead atoms. The first kappa shape index (κ1) is 18.2. The second-order valence-corrected chi connectivity index (χ2v) is 10.2. The molecule has 1 atom stereocenters. The molecule has 1 aliphatic heterocycles. The summed E-state index contributed by atoms with van der Waals surface area (Å²) in [5.41, 5.74) is 0. The van der Waals surface area contributed by atoms with Gasteiger partial charge in [-0.15, -0.1) is 10.2 Å². The summed E-state index contributed by atoms with van der Waals surface area (Å²) in [5, 5.41) is 15.4. The Morgan fingerprint density at radius 2 is 1.84 bits per heavy atom. The molecule has 2 aromatic heterocycles. The predicted octanol–water partition coefficient (Wildman–Crippen LogP) is 1.44. The molecule has 0 radical (unpaired) electrons. The van der Waals surface area contributed by atoms with Crippen molar-refractivity contribution < 1.29 is 8.42 Å². The van der Waals surface area contributed by atoms with Crippen LogP contribution in [-0.2, 0) is 9.84 Å². The molecule has 0 aliphatic carbocycles. The van der Waals surface area contributed by atoms with E-state index >= 15 is 0 Å². The minimum absolute atomic E-state index is 0.0160. The van der Waals surface area contributed by atoms with Gasteiger partial charge in [0, 0.05) is 17.3 Å². The van der Waals surface area contributed by atoms with Crippen LogP contribution in [-0.4, -0.2) is 61.8 Å². The molecule has 1 aliphatic rings. The van der Waals surface area contributed by atoms with Crippen molar-refractivity contribution in [3.05, 3.63) is 0 Å². The average molecular weight is 386 g/mol. The van der Waals surface area contributed by atoms with E-state index in [4.69, 9.17) is 0 Å². The summed E-state index contributed by atoms with van der Waals surface area (Å²) in [4.78, 5) is 8.94. The zero-order valence-electron chi connectivity index (χ0n) is 14.7. The van der Waals surface area contributed by atoms with Gasteiger partial charge in [-0.05, 0) is 34.1 Å². The zero-order valence-corrected chi connectivity index (χ0v) is 16.4. The highest BCUT2D eigenvalue weighted by atomic mass is 32.2. The molecule has 0 spiro atoms. The molecule has 1 saturated heterocycles. The lowest BCUT2D eigenvalue weighted by molar-refractivity contribution is 0.602. The van der Waals surface area contributed by atoms with E-state index in [2.05, 4.69) is 30.8 Å². The molecule has 11 heteroatoms. The number of hydrogen-bond donors (Lipinski definition) is 2. The minimum atomic E-state index is -2.94. The summed E-state index contributed by atoms with van der Waals surface area (Å²) in [7, 11) is -2.94. The zero-order chi connectivity index (χ0) is 18.2. The molecule has 1 fully saturated rings. The Morgan fingerprint density at radius 3 is 2.44 bits per heavy atom. The van der Waals surface area contributed by atoms with Gasteiger partial charge in [-0.3, -0.25) is 0 Å². The highest BCUT2D eigenvalue weighted by Crippen LogP contribution is 2.31. The maximum Gasteiger partial charge on any atom is 0.261 e. The summed E-state index contributed by atoms with van der Waals surface area (Å²) in [6, 6.07) is 0.354. The first-order valence-corrected chi connectivity index (χ1v) is 11.0. The highest BCUT2D eigenvalue weighted by molar-refractivity contribution is 8.01. The van der Waals surface area contributed by atoms with Crippen LogP contribution >= 0.6 is 11.8 Å². The number of fused-ring (bicyclic) bond motifs is 1. The van der Waals surface area contributed by atoms with Crippen LogP contribution in [0.5, 0.6) is 0 Å². The second-order valence-electron chi connectivity index (χ2n) is 6.73. The van der Waals surface area contributed by atoms with Crippen LogP contribution in [0.25, 0.3) is 5.78 Å². The summed E-state index contributed by atoms with van der Waals surface area (Å²) in [6.07, 6.45) is 0.628. The molecule has 0 saturated carbocycles. The van der Waals surface area contributed by atoms with E-state index in [1.165, 1.54) is 11.8 Å². The topological polar surface area (TPSA) is 114 Å². The molecule has 25 heavy (non-hydrogen) atoms. The van der Waals surface area contributed by atoms with Crippen molar-refractivity contribution in [2.24, 2.45) is 0 Å². The molecule has 9 nitrogen and oxygen atoms in total. The second kappa shape index (κ2) is 6.94. The standard InChI is InChI=1S/C14H23N7O2S2/c1-8(2)15-11-17-12(16-9(3)4)21-13(18-11)19-20-14(21)24-10-5-6-25(22,23)7-10/h8-10H,5-7H2,1-4H3,(H2,15,16,17,18,19). The van der Waals surface area contributed by atoms with Gasteiger partial charge in [0.1, 0.15) is 0 Å². The molecule has 138 valence electrons. The largest absolute Gasteiger partial charge is 0.353 e. The molecule has 3 heterocycles. The normalized spacial score (nSPS) is 19.8. The van der Waals surface area contributed by atoms with Gasteiger partial charge in [0.25, 0.3) is 5.78 Å². The number of nitrogens with one attached hydrogen (secondary N) is 2. The van der Waals surface area contributed by atoms with Crippen molar-refractivity contribution in [3.63, 3.8) is 0 Å². The van der Waals surface area contributed by atoms with Gasteiger partial charge < -0.3 is 10.6 Å². The van der Waals surface area contributed by atoms with Gasteiger partial charge in [-0.1, -0.05) is 11.8 Å². The molecule has 1 unspecified atom stereocenters. The fourth-order valence-electron chi connectivity index (χ4n) is 2.55. The first-order valence-electron chi connectivity index (χ1n) is 8.27. The smallest absolute Gasteiger partial charge is 0.261 e. The van der Waals surface area contributed by atoms with Crippen LogP contribution in [0, 0.1) is 0 Å². The van der Waals surface area contributed by atoms with Gasteiger partial charge in [0.2, 0.25) is 11.9 Å². The van der Waals surface area contributed by atoms with Crippen LogP contribution in [0.2, 0.25) is 0 Å². The van der Waals surface area contributed by atoms with Crippen LogP contribution in [0.1, 0.15) is 34.1 Å². The van der Waals surface area contributed by atoms with Crippen molar-refractivity contribution in [2.75, 3.05) is 22.1 Å². The lowest BCUT2D eigenvalue weighted by Gasteiger charge is -2.15. The lowest BCUT2D eigenvalue weighted by atomic mass is 10.4. The monoisotopic (exact) mass is 385 g/mol. The lowest BCUT2D eigenvalue weighted by Crippen LogP contribution is -2.19. The molecule has 0 amide bonds. The maximum atomic E-state index is 11.7. The van der Waals surface area contributed by atoms with E-state index in [9.17, 15) is 8.42 Å². The number of anilines is 2. The third-order valence-corrected chi connectivity index (χ3v) is 6.73. The Balaban J connectivity index is 1.96. The average Bonchev–Trinajstić information content (AvgIpc) is 3.01. The molecular weight excluding hydrogens is 362 g/mol. The highest BCUT2D eigenvalue weighted by Gasteiger charge is 2.30. The van der Waals surface area contributed by atoms with Gasteiger partial charge >= 0.3 is 0 Å². The number of nitrogens with zero attached hydrogens (tertiary/aromatic N) is 5. The van der Waals surface area contributed by atoms with Crippen LogP contribution in [0.4, 0.5) is 11.9 Å². The quantitative estimate of drug-likeness (QED) is 0.762. The SMILES string of the molecule is CC(C)Nc1nc(NC(C)C)n2c(SC3CCS(=O)(=O)C3)nnc2n1. The van der Waals surface area contributed by atoms with Crippen LogP contribution in [0.15, 0.2) is 5.16 Å². The van der Waals surface area contributed by atoms with Crippen molar-refractivity contribution in [1.29, 1.82) is 0 Å². The number of aromatic nitrogens is 5. The van der Waals surface area contributed by atoms with Crippen molar-refractivity contribution in [1.82, 2.24) is 24.6 Å². The number of rotatable bonds is 6. The number of hydrogen-bond acceptors (Lipinski definition) is 9. The molecular formula is C14H23N7O2S2. The third-order valence-electron chi connectivity index (χ3n) is 3.54. The molecule has 3 rings (SSSR count). The fourth-order valence-corrected chi connectivity index (χ4v) is 6.03. The number of thioether (sulfide) groups is 1. The Bertz CT molecular complexity index is 863. The van der Waals surface area contributed by atoms with Crippen LogP contribution < -0.4 is 10.6 Å². The summed E-state index contributed by atoms with van der Waals surface area (Å²) < 4.78 is 25.1. The predicted molar refractivity (Wildman–Crippen MR) is 99.0 cm³/mol. The van der Waals surface area contributed by atoms with E-state index in [1.54, 1.807) is 4.40 Å². The van der Waals surface area contributed by atoms with Crippen molar-refractivity contribution in [3.8, 4) is 0 Å². The summed E-state index contributed by atoms with van der Waals surface area (Å²) >= 11 is 1.42. The Kier molecular flexibility index (Phi) is 5.05. The van der Waals surface area contributed by atoms with E-state index in [-0.39, 0.29) is 28.8 Å². The third kappa shape index (κ3) is 4.32. The fraction of sp³-hybridized carbons (Fsp3) is 0.714. The van der Waals surface area contributed by atoms with Crippen molar-refractivity contribution in [2.45, 2.75) is 56.6 Å². The van der Waals surface area contributed by atoms with Crippen molar-refractivity contribution >= 4 is 39.3 Å². The first-order chi connectivity index (χ1) is 11.7. The van der Waals surface area contributed by atoms with E-state index in [0.29, 0.717) is 29.3 Å². The van der Waals surface area contributed by atoms with E-state index in [1.807, 2.05) is 27.7 Å². The molecule has 2 aromatic rings. The van der Waals surface area contributed by atoms with Gasteiger partial charge in [0.05, 0.1) is 11.5 Å². The van der Waals surface area contributed by atoms with Gasteiger partial charge in [-0.25, -0.2) is 12.8 Å². The maximum absolute atomic E-state index is 11.7. The Morgan fingerprint density at radius 1 is 1.12 bits per heavy atom. The van der Waals surface area contributed by atoms with E-state index < -0.39 is 9.84 Å². The summed E-state index contributed by atoms with van der Waals surface area (Å²) in [5.74, 6) is 1.92. The molecule has 0 aromatic carbocycles. The van der Waals surface area contributed by atoms with E-state index in [0.717, 1.165) is 0 Å². The Hall–Kier alpha value is -1.62. The van der Waals surface area contributed by atoms with Crippen LogP contribution in [0.3, 0.4) is 0 Å². The molecule has 2 N–H and O–H groups in total. The van der Waals surface area contributed by atoms with Gasteiger partial charge in [0.15, 0.2) is 15.0 Å². The Labute approximate surface area is 151 Å². The summed E-state index contributed by atoms with van der Waals surface area (Å²) in [6.45, 7) is 8.05. The number of sulfone groups is 1. The minimum Gasteiger partial charge on any atom is -0.353 e. The van der Waals surface area contributed by atoms with Gasteiger partial charge in [-0.2, -0.15) is 9.97 Å².